The summed E-state index contributed by atoms with van der Waals surface area (Å²) in [6.45, 7) is 2.02. The molecule has 0 aliphatic heterocycles. The fourth-order valence-corrected chi connectivity index (χ4v) is 2.70. The number of hydrogen-bond donors (Lipinski definition) is 1. The summed E-state index contributed by atoms with van der Waals surface area (Å²) in [5.74, 6) is 0.631. The molecule has 0 aliphatic carbocycles. The van der Waals surface area contributed by atoms with Crippen LogP contribution in [0.2, 0.25) is 15.1 Å². The molecule has 106 valence electrons. The van der Waals surface area contributed by atoms with E-state index in [0.717, 1.165) is 11.3 Å². The average molecular weight is 331 g/mol. The molecule has 0 amide bonds. The molecule has 2 nitrogen and oxygen atoms in total. The molecule has 1 unspecified atom stereocenters. The highest BCUT2D eigenvalue weighted by molar-refractivity contribution is 6.35. The molecule has 2 aromatic carbocycles. The number of nitrogens with one attached hydrogen (secondary N) is 1. The quantitative estimate of drug-likeness (QED) is 0.761. The molecule has 0 fully saturated rings. The Balaban J connectivity index is 2.21. The van der Waals surface area contributed by atoms with Crippen LogP contribution in [-0.2, 0) is 0 Å². The Morgan fingerprint density at radius 2 is 1.75 bits per heavy atom. The Bertz CT molecular complexity index is 616. The van der Waals surface area contributed by atoms with E-state index in [0.29, 0.717) is 20.8 Å². The van der Waals surface area contributed by atoms with Crippen molar-refractivity contribution >= 4 is 40.5 Å². The van der Waals surface area contributed by atoms with Gasteiger partial charge in [0.2, 0.25) is 0 Å². The van der Waals surface area contributed by atoms with Crippen molar-refractivity contribution in [2.75, 3.05) is 12.4 Å². The van der Waals surface area contributed by atoms with E-state index in [1.807, 2.05) is 31.2 Å². The van der Waals surface area contributed by atoms with Crippen molar-refractivity contribution in [1.29, 1.82) is 0 Å². The van der Waals surface area contributed by atoms with Crippen molar-refractivity contribution in [2.45, 2.75) is 13.0 Å². The van der Waals surface area contributed by atoms with E-state index in [4.69, 9.17) is 39.5 Å². The van der Waals surface area contributed by atoms with Crippen LogP contribution in [0.15, 0.2) is 36.4 Å². The van der Waals surface area contributed by atoms with Crippen molar-refractivity contribution in [3.8, 4) is 5.75 Å². The number of halogens is 3. The molecule has 0 aliphatic rings. The minimum atomic E-state index is 0.0330. The molecule has 1 atom stereocenters. The van der Waals surface area contributed by atoms with Crippen LogP contribution in [0.4, 0.5) is 5.69 Å². The normalized spacial score (nSPS) is 12.1. The fraction of sp³-hybridized carbons (Fsp3) is 0.200. The van der Waals surface area contributed by atoms with Crippen LogP contribution >= 0.6 is 34.8 Å². The van der Waals surface area contributed by atoms with E-state index in [9.17, 15) is 0 Å². The molecule has 20 heavy (non-hydrogen) atoms. The Labute approximate surface area is 133 Å². The maximum absolute atomic E-state index is 6.20. The van der Waals surface area contributed by atoms with E-state index in [2.05, 4.69) is 5.32 Å². The second-order valence-electron chi connectivity index (χ2n) is 4.38. The number of ether oxygens (including phenoxy) is 1. The minimum absolute atomic E-state index is 0.0330. The summed E-state index contributed by atoms with van der Waals surface area (Å²) >= 11 is 18.1. The van der Waals surface area contributed by atoms with Gasteiger partial charge in [-0.1, -0.05) is 40.9 Å². The number of rotatable bonds is 4. The zero-order chi connectivity index (χ0) is 14.7. The van der Waals surface area contributed by atoms with Gasteiger partial charge in [0.1, 0.15) is 5.75 Å². The molecule has 0 spiro atoms. The van der Waals surface area contributed by atoms with Gasteiger partial charge in [0.25, 0.3) is 0 Å². The third-order valence-corrected chi connectivity index (χ3v) is 3.84. The van der Waals surface area contributed by atoms with Crippen molar-refractivity contribution < 1.29 is 4.74 Å². The van der Waals surface area contributed by atoms with E-state index in [-0.39, 0.29) is 6.04 Å². The zero-order valence-electron chi connectivity index (χ0n) is 11.1. The minimum Gasteiger partial charge on any atom is -0.495 e. The van der Waals surface area contributed by atoms with Gasteiger partial charge in [-0.05, 0) is 36.8 Å². The molecular weight excluding hydrogens is 317 g/mol. The summed E-state index contributed by atoms with van der Waals surface area (Å²) in [5, 5.41) is 5.19. The lowest BCUT2D eigenvalue weighted by molar-refractivity contribution is 0.415. The number of hydrogen-bond acceptors (Lipinski definition) is 2. The summed E-state index contributed by atoms with van der Waals surface area (Å²) < 4.78 is 5.20. The number of methoxy groups -OCH3 is 1. The lowest BCUT2D eigenvalue weighted by atomic mass is 10.1. The Morgan fingerprint density at radius 3 is 2.40 bits per heavy atom. The summed E-state index contributed by atoms with van der Waals surface area (Å²) in [5.41, 5.74) is 1.88. The summed E-state index contributed by atoms with van der Waals surface area (Å²) in [6.07, 6.45) is 0. The van der Waals surface area contributed by atoms with Crippen molar-refractivity contribution in [3.05, 3.63) is 57.0 Å². The van der Waals surface area contributed by atoms with Gasteiger partial charge in [0, 0.05) is 27.8 Å². The Morgan fingerprint density at radius 1 is 1.00 bits per heavy atom. The lowest BCUT2D eigenvalue weighted by Crippen LogP contribution is -2.07. The maximum Gasteiger partial charge on any atom is 0.139 e. The summed E-state index contributed by atoms with van der Waals surface area (Å²) in [6, 6.07) is 11.0. The van der Waals surface area contributed by atoms with E-state index in [1.54, 1.807) is 19.2 Å². The number of benzene rings is 2. The first-order valence-corrected chi connectivity index (χ1v) is 7.19. The molecule has 0 aromatic heterocycles. The Hall–Kier alpha value is -1.09. The second-order valence-corrected chi connectivity index (χ2v) is 5.63. The van der Waals surface area contributed by atoms with Crippen LogP contribution in [0.25, 0.3) is 0 Å². The van der Waals surface area contributed by atoms with Crippen LogP contribution in [0.5, 0.6) is 5.75 Å². The third-order valence-electron chi connectivity index (χ3n) is 2.96. The maximum atomic E-state index is 6.20. The van der Waals surface area contributed by atoms with Gasteiger partial charge in [-0.2, -0.15) is 0 Å². The summed E-state index contributed by atoms with van der Waals surface area (Å²) in [7, 11) is 1.59. The molecular formula is C15H14Cl3NO. The first-order chi connectivity index (χ1) is 9.51. The van der Waals surface area contributed by atoms with E-state index < -0.39 is 0 Å². The highest BCUT2D eigenvalue weighted by Crippen LogP contribution is 2.31. The fourth-order valence-electron chi connectivity index (χ4n) is 1.93. The van der Waals surface area contributed by atoms with Crippen LogP contribution in [-0.4, -0.2) is 7.11 Å². The molecule has 1 N–H and O–H groups in total. The first-order valence-electron chi connectivity index (χ1n) is 6.06. The van der Waals surface area contributed by atoms with Gasteiger partial charge < -0.3 is 10.1 Å². The average Bonchev–Trinajstić information content (AvgIpc) is 2.40. The van der Waals surface area contributed by atoms with Crippen LogP contribution in [0.3, 0.4) is 0 Å². The van der Waals surface area contributed by atoms with E-state index in [1.165, 1.54) is 0 Å². The highest BCUT2D eigenvalue weighted by Gasteiger charge is 2.11. The standard InChI is InChI=1S/C15H14Cl3NO/c1-9(12-5-3-10(16)7-14(12)18)19-11-4-6-13(17)15(8-11)20-2/h3-9,19H,1-2H3. The predicted octanol–water partition coefficient (Wildman–Crippen LogP) is 5.83. The van der Waals surface area contributed by atoms with Gasteiger partial charge in [0.15, 0.2) is 0 Å². The van der Waals surface area contributed by atoms with Gasteiger partial charge in [-0.15, -0.1) is 0 Å². The van der Waals surface area contributed by atoms with Crippen molar-refractivity contribution in [3.63, 3.8) is 0 Å². The second kappa shape index (κ2) is 6.57. The van der Waals surface area contributed by atoms with E-state index >= 15 is 0 Å². The molecule has 0 radical (unpaired) electrons. The van der Waals surface area contributed by atoms with Gasteiger partial charge in [-0.25, -0.2) is 0 Å². The smallest absolute Gasteiger partial charge is 0.139 e. The van der Waals surface area contributed by atoms with Crippen LogP contribution < -0.4 is 10.1 Å². The molecule has 0 heterocycles. The molecule has 2 aromatic rings. The molecule has 5 heteroatoms. The lowest BCUT2D eigenvalue weighted by Gasteiger charge is -2.18. The van der Waals surface area contributed by atoms with Crippen LogP contribution in [0.1, 0.15) is 18.5 Å². The zero-order valence-corrected chi connectivity index (χ0v) is 13.4. The number of anilines is 1. The first kappa shape index (κ1) is 15.3. The van der Waals surface area contributed by atoms with Crippen LogP contribution in [0, 0.1) is 0 Å². The van der Waals surface area contributed by atoms with Gasteiger partial charge in [-0.3, -0.25) is 0 Å². The molecule has 2 rings (SSSR count). The van der Waals surface area contributed by atoms with Gasteiger partial charge >= 0.3 is 0 Å². The predicted molar refractivity (Wildman–Crippen MR) is 86.5 cm³/mol. The summed E-state index contributed by atoms with van der Waals surface area (Å²) in [4.78, 5) is 0. The van der Waals surface area contributed by atoms with Gasteiger partial charge in [0.05, 0.1) is 12.1 Å². The van der Waals surface area contributed by atoms with Crippen molar-refractivity contribution in [2.24, 2.45) is 0 Å². The molecule has 0 bridgehead atoms. The molecule has 0 saturated heterocycles. The molecule has 0 saturated carbocycles. The SMILES string of the molecule is COc1cc(NC(C)c2ccc(Cl)cc2Cl)ccc1Cl. The Kier molecular flexibility index (Phi) is 5.03. The largest absolute Gasteiger partial charge is 0.495 e. The highest BCUT2D eigenvalue weighted by atomic mass is 35.5. The van der Waals surface area contributed by atoms with Crippen molar-refractivity contribution in [1.82, 2.24) is 0 Å². The topological polar surface area (TPSA) is 21.3 Å². The third kappa shape index (κ3) is 3.51. The monoisotopic (exact) mass is 329 g/mol.